The van der Waals surface area contributed by atoms with Crippen LogP contribution in [-0.2, 0) is 6.18 Å². The molecule has 6 nitrogen and oxygen atoms in total. The Morgan fingerprint density at radius 1 is 0.571 bits per heavy atom. The predicted octanol–water partition coefficient (Wildman–Crippen LogP) is 10.5. The average molecular weight is 872 g/mol. The van der Waals surface area contributed by atoms with Crippen molar-refractivity contribution < 1.29 is 23.4 Å². The lowest BCUT2D eigenvalue weighted by molar-refractivity contribution is -0.136. The number of alkyl halides is 3. The van der Waals surface area contributed by atoms with Crippen molar-refractivity contribution in [1.29, 1.82) is 0 Å². The highest BCUT2D eigenvalue weighted by atomic mass is 79.9. The summed E-state index contributed by atoms with van der Waals surface area (Å²) in [5, 5.41) is 31.1. The van der Waals surface area contributed by atoms with E-state index in [0.29, 0.717) is 28.7 Å². The molecule has 0 radical (unpaired) electrons. The number of rotatable bonds is 4. The first-order valence-electron chi connectivity index (χ1n) is 11.5. The summed E-state index contributed by atoms with van der Waals surface area (Å²) < 4.78 is 40.8. The molecular weight excluding hydrogens is 853 g/mol. The molecule has 4 rings (SSSR count). The van der Waals surface area contributed by atoms with Gasteiger partial charge in [0.05, 0.1) is 29.1 Å². The lowest BCUT2D eigenvalue weighted by atomic mass is 10.1. The molecule has 0 spiro atoms. The smallest absolute Gasteiger partial charge is 0.418 e. The Bertz CT molecular complexity index is 1550. The number of benzene rings is 4. The van der Waals surface area contributed by atoms with Crippen LogP contribution < -0.4 is 21.3 Å². The van der Waals surface area contributed by atoms with Crippen molar-refractivity contribution in [2.45, 2.75) is 6.18 Å². The predicted molar refractivity (Wildman–Crippen MR) is 185 cm³/mol. The van der Waals surface area contributed by atoms with Gasteiger partial charge >= 0.3 is 6.18 Å². The van der Waals surface area contributed by atoms with Gasteiger partial charge in [-0.15, -0.1) is 0 Å². The van der Waals surface area contributed by atoms with Crippen LogP contribution in [-0.4, -0.2) is 20.4 Å². The van der Waals surface area contributed by atoms with E-state index < -0.39 is 11.7 Å². The normalized spacial score (nSPS) is 10.6. The van der Waals surface area contributed by atoms with E-state index in [2.05, 4.69) is 85.0 Å². The third-order valence-corrected chi connectivity index (χ3v) is 7.89. The first kappa shape index (κ1) is 34.1. The van der Waals surface area contributed by atoms with Gasteiger partial charge in [-0.2, -0.15) is 13.2 Å². The van der Waals surface area contributed by atoms with Crippen LogP contribution in [0.2, 0.25) is 0 Å². The molecule has 0 heterocycles. The fourth-order valence-electron chi connectivity index (χ4n) is 3.21. The van der Waals surface area contributed by atoms with Crippen molar-refractivity contribution in [1.82, 2.24) is 0 Å². The molecule has 0 aliphatic rings. The number of aromatic hydroxyl groups is 2. The highest BCUT2D eigenvalue weighted by Crippen LogP contribution is 2.37. The summed E-state index contributed by atoms with van der Waals surface area (Å²) in [6.45, 7) is 0. The second-order valence-electron chi connectivity index (χ2n) is 8.14. The maximum absolute atomic E-state index is 12.9. The van der Waals surface area contributed by atoms with Crippen LogP contribution in [0.25, 0.3) is 0 Å². The van der Waals surface area contributed by atoms with Gasteiger partial charge in [0.1, 0.15) is 11.5 Å². The molecule has 6 N–H and O–H groups in total. The molecular formula is C27H19Br4F3N4O2S2. The Morgan fingerprint density at radius 2 is 0.952 bits per heavy atom. The number of para-hydroxylation sites is 2. The van der Waals surface area contributed by atoms with Crippen LogP contribution in [0.5, 0.6) is 11.5 Å². The monoisotopic (exact) mass is 868 g/mol. The molecule has 4 aromatic rings. The lowest BCUT2D eigenvalue weighted by Crippen LogP contribution is -2.21. The first-order chi connectivity index (χ1) is 19.7. The summed E-state index contributed by atoms with van der Waals surface area (Å²) in [4.78, 5) is 0. The second kappa shape index (κ2) is 15.3. The van der Waals surface area contributed by atoms with Crippen molar-refractivity contribution in [2.24, 2.45) is 0 Å². The summed E-state index contributed by atoms with van der Waals surface area (Å²) in [5.74, 6) is 0.171. The molecule has 0 aromatic heterocycles. The number of anilines is 4. The summed E-state index contributed by atoms with van der Waals surface area (Å²) in [5.41, 5.74) is 1.22. The number of nitrogens with one attached hydrogen (secondary N) is 4. The average Bonchev–Trinajstić information content (AvgIpc) is 2.91. The maximum Gasteiger partial charge on any atom is 0.418 e. The molecule has 0 aliphatic carbocycles. The minimum Gasteiger partial charge on any atom is -0.506 e. The zero-order chi connectivity index (χ0) is 31.0. The van der Waals surface area contributed by atoms with E-state index in [0.717, 1.165) is 17.4 Å². The molecule has 0 bridgehead atoms. The van der Waals surface area contributed by atoms with Gasteiger partial charge in [0, 0.05) is 17.1 Å². The topological polar surface area (TPSA) is 88.6 Å². The minimum absolute atomic E-state index is 0.00816. The van der Waals surface area contributed by atoms with Gasteiger partial charge in [0.25, 0.3) is 0 Å². The largest absolute Gasteiger partial charge is 0.506 e. The van der Waals surface area contributed by atoms with E-state index in [1.54, 1.807) is 24.3 Å². The molecule has 0 unspecified atom stereocenters. The second-order valence-corrected chi connectivity index (χ2v) is 12.4. The van der Waals surface area contributed by atoms with E-state index in [1.165, 1.54) is 18.2 Å². The summed E-state index contributed by atoms with van der Waals surface area (Å²) in [6, 6.07) is 21.3. The zero-order valence-corrected chi connectivity index (χ0v) is 28.8. The Morgan fingerprint density at radius 3 is 1.40 bits per heavy atom. The summed E-state index contributed by atoms with van der Waals surface area (Å²) in [6.07, 6.45) is -4.48. The summed E-state index contributed by atoms with van der Waals surface area (Å²) in [7, 11) is 0. The third kappa shape index (κ3) is 10.1. The van der Waals surface area contributed by atoms with E-state index >= 15 is 0 Å². The highest BCUT2D eigenvalue weighted by Gasteiger charge is 2.33. The van der Waals surface area contributed by atoms with Crippen molar-refractivity contribution in [3.63, 3.8) is 0 Å². The van der Waals surface area contributed by atoms with Crippen molar-refractivity contribution >= 4 is 121 Å². The van der Waals surface area contributed by atoms with E-state index in [1.807, 2.05) is 30.3 Å². The fourth-order valence-corrected chi connectivity index (χ4v) is 6.05. The Kier molecular flexibility index (Phi) is 12.4. The third-order valence-electron chi connectivity index (χ3n) is 5.06. The van der Waals surface area contributed by atoms with Gasteiger partial charge in [0.15, 0.2) is 10.2 Å². The Balaban J connectivity index is 0.000000235. The van der Waals surface area contributed by atoms with Gasteiger partial charge < -0.3 is 31.5 Å². The van der Waals surface area contributed by atoms with E-state index in [-0.39, 0.29) is 22.3 Å². The van der Waals surface area contributed by atoms with Gasteiger partial charge in [-0.25, -0.2) is 0 Å². The van der Waals surface area contributed by atoms with Crippen LogP contribution in [0.4, 0.5) is 35.9 Å². The molecule has 42 heavy (non-hydrogen) atoms. The van der Waals surface area contributed by atoms with E-state index in [4.69, 9.17) is 24.4 Å². The number of phenols is 2. The number of hydrogen-bond acceptors (Lipinski definition) is 4. The number of thiocarbonyl (C=S) groups is 2. The molecule has 0 fully saturated rings. The zero-order valence-electron chi connectivity index (χ0n) is 20.9. The molecule has 220 valence electrons. The number of halogens is 7. The van der Waals surface area contributed by atoms with Gasteiger partial charge in [-0.05, 0) is 137 Å². The highest BCUT2D eigenvalue weighted by molar-refractivity contribution is 9.11. The van der Waals surface area contributed by atoms with Crippen LogP contribution in [0, 0.1) is 0 Å². The van der Waals surface area contributed by atoms with Crippen LogP contribution in [0.3, 0.4) is 0 Å². The van der Waals surface area contributed by atoms with E-state index in [9.17, 15) is 23.4 Å². The number of phenolic OH excluding ortho intramolecular Hbond substituents is 2. The van der Waals surface area contributed by atoms with Gasteiger partial charge in [0.2, 0.25) is 0 Å². The first-order valence-corrected chi connectivity index (χ1v) is 15.5. The molecule has 15 heteroatoms. The molecule has 0 aliphatic heterocycles. The SMILES string of the molecule is Oc1c(Br)cc(NC(=S)Nc2ccccc2)cc1Br.Oc1c(Br)cc(NC(=S)Nc2ccccc2C(F)(F)F)cc1Br. The quantitative estimate of drug-likeness (QED) is 0.0893. The van der Waals surface area contributed by atoms with Crippen LogP contribution in [0.1, 0.15) is 5.56 Å². The molecule has 4 aromatic carbocycles. The molecule has 0 saturated carbocycles. The fraction of sp³-hybridized carbons (Fsp3) is 0.0370. The molecule has 0 amide bonds. The van der Waals surface area contributed by atoms with Crippen molar-refractivity contribution in [2.75, 3.05) is 21.3 Å². The van der Waals surface area contributed by atoms with Gasteiger partial charge in [-0.1, -0.05) is 30.3 Å². The van der Waals surface area contributed by atoms with Crippen LogP contribution in [0.15, 0.2) is 96.8 Å². The van der Waals surface area contributed by atoms with Crippen LogP contribution >= 0.6 is 88.2 Å². The van der Waals surface area contributed by atoms with Crippen molar-refractivity contribution in [3.05, 3.63) is 102 Å². The summed E-state index contributed by atoms with van der Waals surface area (Å²) >= 11 is 23.1. The standard InChI is InChI=1S/C14H9Br2F3N2OS.C13H10Br2N2OS/c15-9-5-7(6-10(16)12(9)22)20-13(23)21-11-4-2-1-3-8(11)14(17,18)19;14-10-6-9(7-11(15)12(10)18)17-13(19)16-8-4-2-1-3-5-8/h1-6,22H,(H2,20,21,23);1-7,18H,(H2,16,17,19). The number of hydrogen-bond donors (Lipinski definition) is 6. The Hall–Kier alpha value is -2.43. The van der Waals surface area contributed by atoms with Gasteiger partial charge in [-0.3, -0.25) is 0 Å². The molecule has 0 atom stereocenters. The van der Waals surface area contributed by atoms with Crippen molar-refractivity contribution in [3.8, 4) is 11.5 Å². The molecule has 0 saturated heterocycles. The minimum atomic E-state index is -4.48. The maximum atomic E-state index is 12.9. The Labute approximate surface area is 283 Å². The lowest BCUT2D eigenvalue weighted by Gasteiger charge is -2.16.